The number of aliphatic hydroxyl groups excluding tert-OH is 1. The smallest absolute Gasteiger partial charge is 0.123 e. The number of nitrogen functional groups attached to an aromatic ring is 1. The van der Waals surface area contributed by atoms with Crippen molar-refractivity contribution in [1.82, 2.24) is 4.98 Å². The van der Waals surface area contributed by atoms with Crippen LogP contribution in [0.4, 0.5) is 10.1 Å². The van der Waals surface area contributed by atoms with Gasteiger partial charge in [0.05, 0.1) is 12.3 Å². The molecule has 0 bridgehead atoms. The summed E-state index contributed by atoms with van der Waals surface area (Å²) in [5, 5.41) is 9.22. The van der Waals surface area contributed by atoms with Crippen LogP contribution in [0.25, 0.3) is 11.3 Å². The van der Waals surface area contributed by atoms with Gasteiger partial charge in [-0.2, -0.15) is 0 Å². The van der Waals surface area contributed by atoms with Gasteiger partial charge in [0.25, 0.3) is 0 Å². The molecule has 2 rings (SSSR count). The van der Waals surface area contributed by atoms with Gasteiger partial charge in [-0.05, 0) is 30.3 Å². The van der Waals surface area contributed by atoms with Crippen molar-refractivity contribution in [3.63, 3.8) is 0 Å². The molecule has 1 heterocycles. The van der Waals surface area contributed by atoms with Crippen molar-refractivity contribution in [2.45, 2.75) is 6.61 Å². The summed E-state index contributed by atoms with van der Waals surface area (Å²) in [6, 6.07) is 7.54. The standard InChI is InChI=1S/C12H11FN2O/c13-9-3-1-8(2-4-9)12-10(7-16)11(14)5-6-15-12/h1-6,16H,7H2,(H2,14,15). The minimum Gasteiger partial charge on any atom is -0.398 e. The van der Waals surface area contributed by atoms with E-state index in [2.05, 4.69) is 4.98 Å². The number of hydrogen-bond donors (Lipinski definition) is 2. The van der Waals surface area contributed by atoms with Crippen molar-refractivity contribution in [3.05, 3.63) is 47.9 Å². The molecule has 82 valence electrons. The molecule has 0 aliphatic rings. The zero-order valence-electron chi connectivity index (χ0n) is 8.52. The van der Waals surface area contributed by atoms with Gasteiger partial charge in [0, 0.05) is 23.0 Å². The van der Waals surface area contributed by atoms with E-state index < -0.39 is 0 Å². The molecule has 3 nitrogen and oxygen atoms in total. The first kappa shape index (κ1) is 10.6. The monoisotopic (exact) mass is 218 g/mol. The molecule has 0 radical (unpaired) electrons. The quantitative estimate of drug-likeness (QED) is 0.810. The summed E-state index contributed by atoms with van der Waals surface area (Å²) in [7, 11) is 0. The zero-order valence-corrected chi connectivity index (χ0v) is 8.52. The van der Waals surface area contributed by atoms with E-state index in [0.29, 0.717) is 16.9 Å². The molecular weight excluding hydrogens is 207 g/mol. The van der Waals surface area contributed by atoms with E-state index >= 15 is 0 Å². The van der Waals surface area contributed by atoms with Gasteiger partial charge < -0.3 is 10.8 Å². The lowest BCUT2D eigenvalue weighted by Crippen LogP contribution is -1.99. The molecule has 4 heteroatoms. The lowest BCUT2D eigenvalue weighted by molar-refractivity contribution is 0.282. The highest BCUT2D eigenvalue weighted by molar-refractivity contribution is 5.68. The molecule has 3 N–H and O–H groups in total. The van der Waals surface area contributed by atoms with Crippen molar-refractivity contribution >= 4 is 5.69 Å². The summed E-state index contributed by atoms with van der Waals surface area (Å²) in [4.78, 5) is 4.15. The highest BCUT2D eigenvalue weighted by Gasteiger charge is 2.08. The number of anilines is 1. The van der Waals surface area contributed by atoms with Gasteiger partial charge in [-0.1, -0.05) is 0 Å². The van der Waals surface area contributed by atoms with Crippen LogP contribution in [-0.2, 0) is 6.61 Å². The second kappa shape index (κ2) is 4.28. The van der Waals surface area contributed by atoms with Crippen molar-refractivity contribution in [2.24, 2.45) is 0 Å². The Hall–Kier alpha value is -1.94. The predicted octanol–water partition coefficient (Wildman–Crippen LogP) is 1.96. The van der Waals surface area contributed by atoms with Crippen LogP contribution >= 0.6 is 0 Å². The molecule has 0 spiro atoms. The van der Waals surface area contributed by atoms with Crippen LogP contribution in [0.1, 0.15) is 5.56 Å². The Labute approximate surface area is 92.4 Å². The highest BCUT2D eigenvalue weighted by atomic mass is 19.1. The van der Waals surface area contributed by atoms with Crippen LogP contribution in [-0.4, -0.2) is 10.1 Å². The van der Waals surface area contributed by atoms with E-state index in [1.54, 1.807) is 24.4 Å². The van der Waals surface area contributed by atoms with Gasteiger partial charge in [0.15, 0.2) is 0 Å². The lowest BCUT2D eigenvalue weighted by atomic mass is 10.1. The average Bonchev–Trinajstić information content (AvgIpc) is 2.30. The Morgan fingerprint density at radius 1 is 1.19 bits per heavy atom. The fraction of sp³-hybridized carbons (Fsp3) is 0.0833. The van der Waals surface area contributed by atoms with E-state index in [0.717, 1.165) is 5.56 Å². The summed E-state index contributed by atoms with van der Waals surface area (Å²) < 4.78 is 12.8. The normalized spacial score (nSPS) is 10.4. The van der Waals surface area contributed by atoms with Crippen molar-refractivity contribution in [1.29, 1.82) is 0 Å². The van der Waals surface area contributed by atoms with Gasteiger partial charge in [-0.15, -0.1) is 0 Å². The first-order chi connectivity index (χ1) is 7.72. The average molecular weight is 218 g/mol. The SMILES string of the molecule is Nc1ccnc(-c2ccc(F)cc2)c1CO. The van der Waals surface area contributed by atoms with Gasteiger partial charge in [0.2, 0.25) is 0 Å². The Morgan fingerprint density at radius 3 is 2.50 bits per heavy atom. The molecule has 0 amide bonds. The second-order valence-electron chi connectivity index (χ2n) is 3.39. The number of rotatable bonds is 2. The van der Waals surface area contributed by atoms with Crippen LogP contribution in [0.3, 0.4) is 0 Å². The molecule has 0 saturated heterocycles. The molecule has 16 heavy (non-hydrogen) atoms. The van der Waals surface area contributed by atoms with Crippen molar-refractivity contribution in [2.75, 3.05) is 5.73 Å². The van der Waals surface area contributed by atoms with Crippen LogP contribution in [0.15, 0.2) is 36.5 Å². The van der Waals surface area contributed by atoms with E-state index in [1.807, 2.05) is 0 Å². The maximum Gasteiger partial charge on any atom is 0.123 e. The number of hydrogen-bond acceptors (Lipinski definition) is 3. The fourth-order valence-corrected chi connectivity index (χ4v) is 1.53. The van der Waals surface area contributed by atoms with E-state index in [-0.39, 0.29) is 12.4 Å². The summed E-state index contributed by atoms with van der Waals surface area (Å²) in [5.74, 6) is -0.307. The summed E-state index contributed by atoms with van der Waals surface area (Å²) in [5.41, 5.74) is 8.09. The van der Waals surface area contributed by atoms with Crippen LogP contribution in [0, 0.1) is 5.82 Å². The van der Waals surface area contributed by atoms with Crippen LogP contribution in [0.5, 0.6) is 0 Å². The third-order valence-electron chi connectivity index (χ3n) is 2.37. The largest absolute Gasteiger partial charge is 0.398 e. The highest BCUT2D eigenvalue weighted by Crippen LogP contribution is 2.25. The van der Waals surface area contributed by atoms with Crippen molar-refractivity contribution in [3.8, 4) is 11.3 Å². The summed E-state index contributed by atoms with van der Waals surface area (Å²) in [6.45, 7) is -0.188. The number of aliphatic hydroxyl groups is 1. The van der Waals surface area contributed by atoms with Crippen LogP contribution in [0.2, 0.25) is 0 Å². The Morgan fingerprint density at radius 2 is 1.88 bits per heavy atom. The molecule has 0 atom stereocenters. The number of halogens is 1. The minimum absolute atomic E-state index is 0.188. The Bertz CT molecular complexity index is 497. The third kappa shape index (κ3) is 1.87. The molecular formula is C12H11FN2O. The molecule has 0 saturated carbocycles. The summed E-state index contributed by atoms with van der Waals surface area (Å²) in [6.07, 6.45) is 1.56. The molecule has 1 aromatic carbocycles. The fourth-order valence-electron chi connectivity index (χ4n) is 1.53. The number of pyridine rings is 1. The van der Waals surface area contributed by atoms with Gasteiger partial charge in [0.1, 0.15) is 5.82 Å². The maximum absolute atomic E-state index is 12.8. The predicted molar refractivity (Wildman–Crippen MR) is 60.0 cm³/mol. The molecule has 2 aromatic rings. The lowest BCUT2D eigenvalue weighted by Gasteiger charge is -2.08. The summed E-state index contributed by atoms with van der Waals surface area (Å²) >= 11 is 0. The van der Waals surface area contributed by atoms with Crippen molar-refractivity contribution < 1.29 is 9.50 Å². The molecule has 0 unspecified atom stereocenters. The number of benzene rings is 1. The minimum atomic E-state index is -0.307. The van der Waals surface area contributed by atoms with E-state index in [9.17, 15) is 9.50 Å². The first-order valence-corrected chi connectivity index (χ1v) is 4.82. The molecule has 0 fully saturated rings. The molecule has 0 aliphatic carbocycles. The van der Waals surface area contributed by atoms with E-state index in [1.165, 1.54) is 12.1 Å². The second-order valence-corrected chi connectivity index (χ2v) is 3.39. The van der Waals surface area contributed by atoms with E-state index in [4.69, 9.17) is 5.73 Å². The van der Waals surface area contributed by atoms with Gasteiger partial charge in [-0.3, -0.25) is 4.98 Å². The third-order valence-corrected chi connectivity index (χ3v) is 2.37. The van der Waals surface area contributed by atoms with Crippen LogP contribution < -0.4 is 5.73 Å². The number of aromatic nitrogens is 1. The zero-order chi connectivity index (χ0) is 11.5. The Kier molecular flexibility index (Phi) is 2.83. The number of nitrogens with two attached hydrogens (primary N) is 1. The molecule has 1 aromatic heterocycles. The Balaban J connectivity index is 2.55. The maximum atomic E-state index is 12.8. The topological polar surface area (TPSA) is 59.1 Å². The van der Waals surface area contributed by atoms with Gasteiger partial charge >= 0.3 is 0 Å². The van der Waals surface area contributed by atoms with Gasteiger partial charge in [-0.25, -0.2) is 4.39 Å². The first-order valence-electron chi connectivity index (χ1n) is 4.82. The number of nitrogens with zero attached hydrogens (tertiary/aromatic N) is 1. The molecule has 0 aliphatic heterocycles.